The Morgan fingerprint density at radius 2 is 1.07 bits per heavy atom. The molecular formula is C24H17N3. The Balaban J connectivity index is 1.87. The highest BCUT2D eigenvalue weighted by Gasteiger charge is 2.02. The van der Waals surface area contributed by atoms with Gasteiger partial charge in [-0.25, -0.2) is 0 Å². The number of allylic oxidation sites excluding steroid dienone is 2. The van der Waals surface area contributed by atoms with Crippen LogP contribution in [0.1, 0.15) is 22.3 Å². The molecule has 0 bridgehead atoms. The number of nitrogen functional groups attached to an aromatic ring is 1. The van der Waals surface area contributed by atoms with Crippen molar-refractivity contribution in [2.24, 2.45) is 0 Å². The third kappa shape index (κ3) is 4.51. The van der Waals surface area contributed by atoms with E-state index >= 15 is 0 Å². The van der Waals surface area contributed by atoms with E-state index in [0.29, 0.717) is 16.8 Å². The quantitative estimate of drug-likeness (QED) is 0.390. The fraction of sp³-hybridized carbons (Fsp3) is 0. The SMILES string of the molecule is N#CC(=Cc1ccc(C=C(C#N)c2ccc(N)cc2)cc1)c1ccccc1. The van der Waals surface area contributed by atoms with Crippen LogP contribution in [0.2, 0.25) is 0 Å². The first-order valence-electron chi connectivity index (χ1n) is 8.44. The molecular weight excluding hydrogens is 330 g/mol. The van der Waals surface area contributed by atoms with Crippen LogP contribution < -0.4 is 5.73 Å². The lowest BCUT2D eigenvalue weighted by Crippen LogP contribution is -1.86. The monoisotopic (exact) mass is 347 g/mol. The molecule has 3 aromatic carbocycles. The second-order valence-corrected chi connectivity index (χ2v) is 5.99. The third-order valence-electron chi connectivity index (χ3n) is 4.11. The average molecular weight is 347 g/mol. The van der Waals surface area contributed by atoms with Gasteiger partial charge in [0.2, 0.25) is 0 Å². The second-order valence-electron chi connectivity index (χ2n) is 5.99. The molecule has 0 spiro atoms. The highest BCUT2D eigenvalue weighted by molar-refractivity contribution is 5.91. The van der Waals surface area contributed by atoms with Gasteiger partial charge in [-0.05, 0) is 46.5 Å². The fourth-order valence-electron chi connectivity index (χ4n) is 2.66. The van der Waals surface area contributed by atoms with Gasteiger partial charge in [-0.1, -0.05) is 66.7 Å². The van der Waals surface area contributed by atoms with E-state index in [1.165, 1.54) is 0 Å². The number of hydrogen-bond donors (Lipinski definition) is 1. The summed E-state index contributed by atoms with van der Waals surface area (Å²) in [5.74, 6) is 0. The molecule has 0 aliphatic heterocycles. The maximum absolute atomic E-state index is 9.45. The van der Waals surface area contributed by atoms with Crippen LogP contribution in [0.5, 0.6) is 0 Å². The summed E-state index contributed by atoms with van der Waals surface area (Å²) in [4.78, 5) is 0. The van der Waals surface area contributed by atoms with Crippen molar-refractivity contribution >= 4 is 29.0 Å². The smallest absolute Gasteiger partial charge is 0.0998 e. The predicted molar refractivity (Wildman–Crippen MR) is 111 cm³/mol. The van der Waals surface area contributed by atoms with Crippen molar-refractivity contribution in [1.82, 2.24) is 0 Å². The zero-order valence-electron chi connectivity index (χ0n) is 14.6. The van der Waals surface area contributed by atoms with Crippen LogP contribution in [0.3, 0.4) is 0 Å². The zero-order chi connectivity index (χ0) is 19.1. The summed E-state index contributed by atoms with van der Waals surface area (Å²) in [7, 11) is 0. The third-order valence-corrected chi connectivity index (χ3v) is 4.11. The molecule has 0 amide bonds. The van der Waals surface area contributed by atoms with E-state index in [1.807, 2.05) is 78.9 Å². The summed E-state index contributed by atoms with van der Waals surface area (Å²) in [6.45, 7) is 0. The van der Waals surface area contributed by atoms with Gasteiger partial charge in [0, 0.05) is 5.69 Å². The van der Waals surface area contributed by atoms with Crippen LogP contribution in [0.4, 0.5) is 5.69 Å². The molecule has 0 aliphatic carbocycles. The summed E-state index contributed by atoms with van der Waals surface area (Å²) in [6.07, 6.45) is 3.69. The minimum absolute atomic E-state index is 0.570. The van der Waals surface area contributed by atoms with Crippen molar-refractivity contribution in [2.75, 3.05) is 5.73 Å². The van der Waals surface area contributed by atoms with Gasteiger partial charge in [-0.3, -0.25) is 0 Å². The summed E-state index contributed by atoms with van der Waals surface area (Å²) < 4.78 is 0. The van der Waals surface area contributed by atoms with Crippen LogP contribution in [-0.4, -0.2) is 0 Å². The lowest BCUT2D eigenvalue weighted by molar-refractivity contribution is 1.52. The maximum Gasteiger partial charge on any atom is 0.0998 e. The van der Waals surface area contributed by atoms with Gasteiger partial charge >= 0.3 is 0 Å². The van der Waals surface area contributed by atoms with Gasteiger partial charge in [0.1, 0.15) is 0 Å². The molecule has 3 rings (SSSR count). The Morgan fingerprint density at radius 1 is 0.630 bits per heavy atom. The van der Waals surface area contributed by atoms with Crippen LogP contribution in [-0.2, 0) is 0 Å². The van der Waals surface area contributed by atoms with Gasteiger partial charge in [-0.2, -0.15) is 10.5 Å². The summed E-state index contributed by atoms with van der Waals surface area (Å²) >= 11 is 0. The van der Waals surface area contributed by atoms with E-state index in [0.717, 1.165) is 22.3 Å². The lowest BCUT2D eigenvalue weighted by Gasteiger charge is -2.02. The topological polar surface area (TPSA) is 73.6 Å². The second kappa shape index (κ2) is 8.34. The molecule has 0 saturated carbocycles. The Hall–Kier alpha value is -4.08. The maximum atomic E-state index is 9.45. The van der Waals surface area contributed by atoms with Gasteiger partial charge in [-0.15, -0.1) is 0 Å². The number of nitriles is 2. The van der Waals surface area contributed by atoms with Crippen molar-refractivity contribution in [3.05, 3.63) is 101 Å². The number of nitrogens with zero attached hydrogens (tertiary/aromatic N) is 2. The van der Waals surface area contributed by atoms with Crippen LogP contribution >= 0.6 is 0 Å². The van der Waals surface area contributed by atoms with Crippen LogP contribution in [0.25, 0.3) is 23.3 Å². The molecule has 3 heteroatoms. The molecule has 27 heavy (non-hydrogen) atoms. The van der Waals surface area contributed by atoms with Crippen molar-refractivity contribution in [3.8, 4) is 12.1 Å². The average Bonchev–Trinajstić information content (AvgIpc) is 2.72. The van der Waals surface area contributed by atoms with E-state index in [1.54, 1.807) is 12.1 Å². The minimum atomic E-state index is 0.570. The Labute approximate surface area is 158 Å². The number of benzene rings is 3. The Bertz CT molecular complexity index is 1060. The number of rotatable bonds is 4. The largest absolute Gasteiger partial charge is 0.399 e. The van der Waals surface area contributed by atoms with E-state index in [9.17, 15) is 10.5 Å². The van der Waals surface area contributed by atoms with E-state index in [4.69, 9.17) is 5.73 Å². The first kappa shape index (κ1) is 17.7. The molecule has 0 radical (unpaired) electrons. The predicted octanol–water partition coefficient (Wildman–Crippen LogP) is 5.40. The van der Waals surface area contributed by atoms with Crippen molar-refractivity contribution in [1.29, 1.82) is 10.5 Å². The molecule has 0 fully saturated rings. The summed E-state index contributed by atoms with van der Waals surface area (Å²) in [5.41, 5.74) is 11.1. The first-order valence-corrected chi connectivity index (χ1v) is 8.44. The highest BCUT2D eigenvalue weighted by Crippen LogP contribution is 2.21. The van der Waals surface area contributed by atoms with E-state index < -0.39 is 0 Å². The van der Waals surface area contributed by atoms with Gasteiger partial charge in [0.25, 0.3) is 0 Å². The molecule has 3 nitrogen and oxygen atoms in total. The molecule has 0 unspecified atom stereocenters. The van der Waals surface area contributed by atoms with Crippen LogP contribution in [0.15, 0.2) is 78.9 Å². The molecule has 3 aromatic rings. The summed E-state index contributed by atoms with van der Waals surface area (Å²) in [6, 6.07) is 29.0. The van der Waals surface area contributed by atoms with E-state index in [-0.39, 0.29) is 0 Å². The van der Waals surface area contributed by atoms with Crippen molar-refractivity contribution < 1.29 is 0 Å². The first-order chi connectivity index (χ1) is 13.2. The molecule has 0 aromatic heterocycles. The van der Waals surface area contributed by atoms with E-state index in [2.05, 4.69) is 12.1 Å². The lowest BCUT2D eigenvalue weighted by atomic mass is 10.0. The Kier molecular flexibility index (Phi) is 5.48. The zero-order valence-corrected chi connectivity index (χ0v) is 14.6. The van der Waals surface area contributed by atoms with Gasteiger partial charge < -0.3 is 5.73 Å². The molecule has 128 valence electrons. The van der Waals surface area contributed by atoms with Crippen molar-refractivity contribution in [2.45, 2.75) is 0 Å². The van der Waals surface area contributed by atoms with Crippen molar-refractivity contribution in [3.63, 3.8) is 0 Å². The number of nitrogens with two attached hydrogens (primary N) is 1. The molecule has 2 N–H and O–H groups in total. The molecule has 0 aliphatic rings. The number of anilines is 1. The van der Waals surface area contributed by atoms with Gasteiger partial charge in [0.15, 0.2) is 0 Å². The number of hydrogen-bond acceptors (Lipinski definition) is 3. The molecule has 0 atom stereocenters. The molecule has 0 heterocycles. The molecule has 0 saturated heterocycles. The summed E-state index contributed by atoms with van der Waals surface area (Å²) in [5, 5.41) is 18.9. The minimum Gasteiger partial charge on any atom is -0.399 e. The van der Waals surface area contributed by atoms with Crippen LogP contribution in [0, 0.1) is 22.7 Å². The van der Waals surface area contributed by atoms with Gasteiger partial charge in [0.05, 0.1) is 23.3 Å². The highest BCUT2D eigenvalue weighted by atomic mass is 14.5. The standard InChI is InChI=1S/C24H17N3/c25-16-22(20-4-2-1-3-5-20)14-18-6-8-19(9-7-18)15-23(17-26)21-10-12-24(27)13-11-21/h1-15H,27H2. The Morgan fingerprint density at radius 3 is 1.52 bits per heavy atom. The fourth-order valence-corrected chi connectivity index (χ4v) is 2.66. The normalized spacial score (nSPS) is 11.5.